The zero-order chi connectivity index (χ0) is 21.0. The maximum Gasteiger partial charge on any atom is 0.262 e. The van der Waals surface area contributed by atoms with Gasteiger partial charge in [-0.1, -0.05) is 36.4 Å². The van der Waals surface area contributed by atoms with E-state index in [0.29, 0.717) is 30.6 Å². The topological polar surface area (TPSA) is 67.5 Å². The molecule has 2 aliphatic heterocycles. The zero-order valence-electron chi connectivity index (χ0n) is 16.9. The molecule has 6 nitrogen and oxygen atoms in total. The van der Waals surface area contributed by atoms with Gasteiger partial charge in [0, 0.05) is 52.7 Å². The molecule has 0 spiro atoms. The van der Waals surface area contributed by atoms with Crippen LogP contribution in [-0.2, 0) is 13.1 Å². The number of aryl methyl sites for hydroxylation is 1. The van der Waals surface area contributed by atoms with Gasteiger partial charge >= 0.3 is 0 Å². The summed E-state index contributed by atoms with van der Waals surface area (Å²) in [5.74, 6) is -0.507. The molecule has 1 N–H and O–H groups in total. The first-order valence-electron chi connectivity index (χ1n) is 10.6. The normalized spacial score (nSPS) is 18.6. The van der Waals surface area contributed by atoms with Crippen molar-refractivity contribution < 1.29 is 14.7 Å². The number of para-hydroxylation sites is 2. The molecule has 0 saturated heterocycles. The van der Waals surface area contributed by atoms with E-state index in [1.54, 1.807) is 7.05 Å². The van der Waals surface area contributed by atoms with Crippen molar-refractivity contribution in [2.75, 3.05) is 7.05 Å². The average Bonchev–Trinajstić information content (AvgIpc) is 3.34. The highest BCUT2D eigenvalue weighted by atomic mass is 16.3. The minimum atomic E-state index is -0.503. The summed E-state index contributed by atoms with van der Waals surface area (Å²) in [6, 6.07) is 16.0. The van der Waals surface area contributed by atoms with Crippen LogP contribution in [0.5, 0.6) is 0 Å². The Balaban J connectivity index is 1.90. The number of imide groups is 1. The third kappa shape index (κ3) is 1.87. The van der Waals surface area contributed by atoms with Crippen LogP contribution in [0.4, 0.5) is 0 Å². The molecule has 5 aromatic rings. The molecule has 2 aromatic heterocycles. The molecule has 4 heterocycles. The molecule has 0 aliphatic carbocycles. The lowest BCUT2D eigenvalue weighted by atomic mass is 9.96. The van der Waals surface area contributed by atoms with E-state index in [0.717, 1.165) is 43.6 Å². The van der Waals surface area contributed by atoms with E-state index < -0.39 is 6.10 Å². The predicted molar refractivity (Wildman–Crippen MR) is 119 cm³/mol. The Morgan fingerprint density at radius 3 is 1.94 bits per heavy atom. The van der Waals surface area contributed by atoms with Crippen molar-refractivity contribution in [1.29, 1.82) is 0 Å². The lowest BCUT2D eigenvalue weighted by Crippen LogP contribution is -2.24. The van der Waals surface area contributed by atoms with Gasteiger partial charge in [-0.25, -0.2) is 0 Å². The molecule has 7 rings (SSSR count). The van der Waals surface area contributed by atoms with E-state index in [1.807, 2.05) is 42.5 Å². The smallest absolute Gasteiger partial charge is 0.262 e. The highest BCUT2D eigenvalue weighted by molar-refractivity contribution is 6.39. The van der Waals surface area contributed by atoms with Crippen molar-refractivity contribution in [2.24, 2.45) is 0 Å². The Morgan fingerprint density at radius 2 is 1.32 bits per heavy atom. The minimum Gasteiger partial charge on any atom is -0.391 e. The number of benzene rings is 3. The third-order valence-electron chi connectivity index (χ3n) is 7.03. The molecule has 1 atom stereocenters. The Labute approximate surface area is 176 Å². The molecule has 6 heteroatoms. The van der Waals surface area contributed by atoms with E-state index in [2.05, 4.69) is 15.2 Å². The van der Waals surface area contributed by atoms with Crippen LogP contribution in [0.25, 0.3) is 43.6 Å². The van der Waals surface area contributed by atoms with Gasteiger partial charge in [0.05, 0.1) is 28.3 Å². The summed E-state index contributed by atoms with van der Waals surface area (Å²) in [6.45, 7) is 1.11. The number of hydrogen-bond acceptors (Lipinski definition) is 3. The van der Waals surface area contributed by atoms with Gasteiger partial charge in [-0.3, -0.25) is 14.5 Å². The van der Waals surface area contributed by atoms with E-state index in [1.165, 1.54) is 4.90 Å². The van der Waals surface area contributed by atoms with Crippen molar-refractivity contribution in [3.63, 3.8) is 0 Å². The van der Waals surface area contributed by atoms with Crippen molar-refractivity contribution in [1.82, 2.24) is 14.0 Å². The van der Waals surface area contributed by atoms with Gasteiger partial charge in [0.2, 0.25) is 0 Å². The molecule has 0 saturated carbocycles. The predicted octanol–water partition coefficient (Wildman–Crippen LogP) is 3.89. The van der Waals surface area contributed by atoms with E-state index in [4.69, 9.17) is 0 Å². The number of hydrogen-bond donors (Lipinski definition) is 1. The van der Waals surface area contributed by atoms with Gasteiger partial charge in [-0.05, 0) is 18.6 Å². The first kappa shape index (κ1) is 17.1. The highest BCUT2D eigenvalue weighted by Crippen LogP contribution is 2.46. The van der Waals surface area contributed by atoms with E-state index in [9.17, 15) is 14.7 Å². The SMILES string of the molecule is CN1C(=O)c2c(c3c4ccccc4n4c3c3c2c2ccccc2n3CCC(O)C4)C1=O. The fraction of sp³-hybridized carbons (Fsp3) is 0.200. The Kier molecular flexibility index (Phi) is 3.05. The number of fused-ring (bicyclic) bond motifs is 9. The molecule has 3 aromatic carbocycles. The van der Waals surface area contributed by atoms with Crippen LogP contribution in [0.1, 0.15) is 27.1 Å². The van der Waals surface area contributed by atoms with Crippen molar-refractivity contribution >= 4 is 55.4 Å². The molecule has 0 fully saturated rings. The summed E-state index contributed by atoms with van der Waals surface area (Å²) in [5.41, 5.74) is 4.90. The number of aliphatic hydroxyl groups excluding tert-OH is 1. The van der Waals surface area contributed by atoms with Crippen molar-refractivity contribution in [2.45, 2.75) is 25.6 Å². The maximum atomic E-state index is 13.3. The molecule has 2 aliphatic rings. The van der Waals surface area contributed by atoms with Gasteiger partial charge in [-0.2, -0.15) is 0 Å². The van der Waals surface area contributed by atoms with Crippen LogP contribution in [0.2, 0.25) is 0 Å². The lowest BCUT2D eigenvalue weighted by molar-refractivity contribution is 0.0694. The van der Waals surface area contributed by atoms with E-state index >= 15 is 0 Å². The summed E-state index contributed by atoms with van der Waals surface area (Å²) in [5, 5.41) is 14.4. The van der Waals surface area contributed by atoms with Crippen LogP contribution in [0.15, 0.2) is 48.5 Å². The van der Waals surface area contributed by atoms with Crippen LogP contribution in [-0.4, -0.2) is 44.1 Å². The Bertz CT molecular complexity index is 1640. The average molecular weight is 409 g/mol. The van der Waals surface area contributed by atoms with Crippen molar-refractivity contribution in [3.8, 4) is 0 Å². The molecule has 0 bridgehead atoms. The number of nitrogens with zero attached hydrogens (tertiary/aromatic N) is 3. The second kappa shape index (κ2) is 5.53. The van der Waals surface area contributed by atoms with Gasteiger partial charge in [-0.15, -0.1) is 0 Å². The molecule has 2 amide bonds. The van der Waals surface area contributed by atoms with E-state index in [-0.39, 0.29) is 11.8 Å². The second-order valence-corrected chi connectivity index (χ2v) is 8.61. The quantitative estimate of drug-likeness (QED) is 0.395. The number of carbonyl (C=O) groups is 2. The monoisotopic (exact) mass is 409 g/mol. The Morgan fingerprint density at radius 1 is 0.806 bits per heavy atom. The largest absolute Gasteiger partial charge is 0.391 e. The molecule has 0 radical (unpaired) electrons. The first-order chi connectivity index (χ1) is 15.1. The van der Waals surface area contributed by atoms with Crippen LogP contribution in [0.3, 0.4) is 0 Å². The van der Waals surface area contributed by atoms with Gasteiger partial charge in [0.25, 0.3) is 11.8 Å². The molecular formula is C25H19N3O3. The molecular weight excluding hydrogens is 390 g/mol. The maximum absolute atomic E-state index is 13.3. The summed E-state index contributed by atoms with van der Waals surface area (Å²) in [4.78, 5) is 27.9. The third-order valence-corrected chi connectivity index (χ3v) is 7.03. The number of aliphatic hydroxyl groups is 1. The number of amides is 2. The second-order valence-electron chi connectivity index (χ2n) is 8.61. The Hall–Kier alpha value is -3.64. The summed E-state index contributed by atoms with van der Waals surface area (Å²) in [7, 11) is 1.56. The zero-order valence-corrected chi connectivity index (χ0v) is 16.9. The number of aromatic nitrogens is 2. The first-order valence-corrected chi connectivity index (χ1v) is 10.6. The molecule has 1 unspecified atom stereocenters. The number of carbonyl (C=O) groups excluding carboxylic acids is 2. The van der Waals surface area contributed by atoms with Gasteiger partial charge in [0.1, 0.15) is 0 Å². The molecule has 31 heavy (non-hydrogen) atoms. The van der Waals surface area contributed by atoms with Crippen LogP contribution < -0.4 is 0 Å². The lowest BCUT2D eigenvalue weighted by Gasteiger charge is -2.20. The summed E-state index contributed by atoms with van der Waals surface area (Å²) < 4.78 is 4.36. The molecule has 152 valence electrons. The standard InChI is InChI=1S/C25H19N3O3/c1-26-24(30)20-18-14-6-2-4-8-16(14)27-11-10-13(29)12-28-17-9-5-3-7-15(17)19(21(20)25(26)31)23(28)22(18)27/h2-9,13,29H,10-12H2,1H3. The fourth-order valence-corrected chi connectivity index (χ4v) is 5.71. The number of rotatable bonds is 0. The van der Waals surface area contributed by atoms with Crippen LogP contribution >= 0.6 is 0 Å². The van der Waals surface area contributed by atoms with Crippen molar-refractivity contribution in [3.05, 3.63) is 59.7 Å². The van der Waals surface area contributed by atoms with Gasteiger partial charge in [0.15, 0.2) is 0 Å². The summed E-state index contributed by atoms with van der Waals surface area (Å²) >= 11 is 0. The highest BCUT2D eigenvalue weighted by Gasteiger charge is 2.40. The fourth-order valence-electron chi connectivity index (χ4n) is 5.71. The summed E-state index contributed by atoms with van der Waals surface area (Å²) in [6.07, 6.45) is 0.113. The van der Waals surface area contributed by atoms with Gasteiger partial charge < -0.3 is 14.2 Å². The van der Waals surface area contributed by atoms with Crippen LogP contribution in [0, 0.1) is 0 Å². The minimum absolute atomic E-state index is 0.247.